The minimum absolute atomic E-state index is 0.717. The molecule has 3 heterocycles. The predicted molar refractivity (Wildman–Crippen MR) is 73.7 cm³/mol. The van der Waals surface area contributed by atoms with E-state index in [0.29, 0.717) is 5.92 Å². The smallest absolute Gasteiger partial charge is 0.0506 e. The van der Waals surface area contributed by atoms with E-state index in [4.69, 9.17) is 4.74 Å². The zero-order valence-corrected chi connectivity index (χ0v) is 11.7. The molecule has 104 valence electrons. The second-order valence-corrected chi connectivity index (χ2v) is 6.51. The van der Waals surface area contributed by atoms with E-state index in [-0.39, 0.29) is 0 Å². The molecule has 0 aromatic carbocycles. The largest absolute Gasteiger partial charge is 0.381 e. The van der Waals surface area contributed by atoms with Crippen LogP contribution in [-0.4, -0.2) is 49.8 Å². The first-order chi connectivity index (χ1) is 8.84. The number of piperidine rings is 1. The highest BCUT2D eigenvalue weighted by Gasteiger charge is 2.34. The summed E-state index contributed by atoms with van der Waals surface area (Å²) >= 11 is 0. The molecule has 3 nitrogen and oxygen atoms in total. The van der Waals surface area contributed by atoms with Crippen LogP contribution < -0.4 is 5.32 Å². The van der Waals surface area contributed by atoms with Gasteiger partial charge >= 0.3 is 0 Å². The third-order valence-electron chi connectivity index (χ3n) is 5.22. The van der Waals surface area contributed by atoms with E-state index >= 15 is 0 Å². The van der Waals surface area contributed by atoms with Crippen molar-refractivity contribution in [1.82, 2.24) is 10.2 Å². The minimum Gasteiger partial charge on any atom is -0.381 e. The first kappa shape index (κ1) is 12.9. The maximum atomic E-state index is 5.59. The van der Waals surface area contributed by atoms with Crippen molar-refractivity contribution in [3.8, 4) is 0 Å². The van der Waals surface area contributed by atoms with Gasteiger partial charge in [-0.1, -0.05) is 6.92 Å². The number of nitrogens with zero attached hydrogens (tertiary/aromatic N) is 1. The summed E-state index contributed by atoms with van der Waals surface area (Å²) < 4.78 is 5.59. The molecule has 4 unspecified atom stereocenters. The molecule has 0 bridgehead atoms. The number of likely N-dealkylation sites (tertiary alicyclic amines) is 1. The van der Waals surface area contributed by atoms with E-state index in [2.05, 4.69) is 17.1 Å². The molecule has 1 N–H and O–H groups in total. The summed E-state index contributed by atoms with van der Waals surface area (Å²) in [5.74, 6) is 1.62. The third kappa shape index (κ3) is 2.73. The minimum atomic E-state index is 0.717. The molecule has 0 radical (unpaired) electrons. The van der Waals surface area contributed by atoms with Crippen LogP contribution in [0.4, 0.5) is 0 Å². The molecular weight excluding hydrogens is 224 g/mol. The zero-order valence-electron chi connectivity index (χ0n) is 11.7. The van der Waals surface area contributed by atoms with E-state index in [1.807, 2.05) is 0 Å². The van der Waals surface area contributed by atoms with Gasteiger partial charge in [0.15, 0.2) is 0 Å². The molecule has 3 rings (SSSR count). The molecule has 18 heavy (non-hydrogen) atoms. The maximum Gasteiger partial charge on any atom is 0.0506 e. The van der Waals surface area contributed by atoms with Crippen LogP contribution in [0.25, 0.3) is 0 Å². The molecule has 0 spiro atoms. The van der Waals surface area contributed by atoms with Crippen molar-refractivity contribution >= 4 is 0 Å². The highest BCUT2D eigenvalue weighted by molar-refractivity contribution is 4.90. The second-order valence-electron chi connectivity index (χ2n) is 6.51. The van der Waals surface area contributed by atoms with Gasteiger partial charge in [-0.3, -0.25) is 4.90 Å². The van der Waals surface area contributed by atoms with Gasteiger partial charge in [0.25, 0.3) is 0 Å². The van der Waals surface area contributed by atoms with Gasteiger partial charge in [0, 0.05) is 25.2 Å². The van der Waals surface area contributed by atoms with Crippen LogP contribution in [0.1, 0.15) is 39.0 Å². The number of nitrogens with one attached hydrogen (secondary N) is 1. The first-order valence-corrected chi connectivity index (χ1v) is 7.90. The summed E-state index contributed by atoms with van der Waals surface area (Å²) in [4.78, 5) is 2.78. The molecule has 0 aliphatic carbocycles. The fourth-order valence-electron chi connectivity index (χ4n) is 4.20. The van der Waals surface area contributed by atoms with Crippen molar-refractivity contribution in [2.75, 3.05) is 32.8 Å². The number of ether oxygens (including phenoxy) is 1. The molecule has 3 fully saturated rings. The van der Waals surface area contributed by atoms with Crippen molar-refractivity contribution in [3.63, 3.8) is 0 Å². The van der Waals surface area contributed by atoms with Crippen molar-refractivity contribution in [2.24, 2.45) is 11.8 Å². The van der Waals surface area contributed by atoms with Gasteiger partial charge < -0.3 is 10.1 Å². The predicted octanol–water partition coefficient (Wildman–Crippen LogP) is 1.88. The lowest BCUT2D eigenvalue weighted by Crippen LogP contribution is -2.51. The van der Waals surface area contributed by atoms with Crippen LogP contribution in [0, 0.1) is 11.8 Å². The Morgan fingerprint density at radius 3 is 2.89 bits per heavy atom. The number of hydrogen-bond acceptors (Lipinski definition) is 3. The lowest BCUT2D eigenvalue weighted by atomic mass is 9.86. The number of hydrogen-bond donors (Lipinski definition) is 1. The summed E-state index contributed by atoms with van der Waals surface area (Å²) in [7, 11) is 0. The van der Waals surface area contributed by atoms with Gasteiger partial charge in [-0.2, -0.15) is 0 Å². The van der Waals surface area contributed by atoms with Gasteiger partial charge in [-0.25, -0.2) is 0 Å². The van der Waals surface area contributed by atoms with Crippen LogP contribution in [-0.2, 0) is 4.74 Å². The Balaban J connectivity index is 1.58. The van der Waals surface area contributed by atoms with Crippen molar-refractivity contribution < 1.29 is 4.74 Å². The lowest BCUT2D eigenvalue weighted by Gasteiger charge is -2.44. The van der Waals surface area contributed by atoms with Gasteiger partial charge in [-0.15, -0.1) is 0 Å². The Labute approximate surface area is 111 Å². The Bertz CT molecular complexity index is 265. The average Bonchev–Trinajstić information content (AvgIpc) is 2.93. The molecule has 0 amide bonds. The SMILES string of the molecule is CC1COCCC1N1CCCC(C2CCCN2)C1. The third-order valence-corrected chi connectivity index (χ3v) is 5.22. The van der Waals surface area contributed by atoms with Crippen LogP contribution in [0.5, 0.6) is 0 Å². The fraction of sp³-hybridized carbons (Fsp3) is 1.00. The summed E-state index contributed by atoms with van der Waals surface area (Å²) in [5, 5.41) is 3.71. The van der Waals surface area contributed by atoms with Crippen molar-refractivity contribution in [1.29, 1.82) is 0 Å². The maximum absolute atomic E-state index is 5.59. The van der Waals surface area contributed by atoms with E-state index in [1.54, 1.807) is 0 Å². The van der Waals surface area contributed by atoms with Crippen LogP contribution in [0.2, 0.25) is 0 Å². The monoisotopic (exact) mass is 252 g/mol. The molecule has 3 heteroatoms. The Morgan fingerprint density at radius 1 is 1.17 bits per heavy atom. The van der Waals surface area contributed by atoms with E-state index in [1.165, 1.54) is 51.7 Å². The van der Waals surface area contributed by atoms with E-state index in [9.17, 15) is 0 Å². The van der Waals surface area contributed by atoms with E-state index < -0.39 is 0 Å². The van der Waals surface area contributed by atoms with E-state index in [0.717, 1.165) is 31.2 Å². The highest BCUT2D eigenvalue weighted by Crippen LogP contribution is 2.29. The fourth-order valence-corrected chi connectivity index (χ4v) is 4.20. The standard InChI is InChI=1S/C15H28N2O/c1-12-11-18-9-6-15(12)17-8-3-4-13(10-17)14-5-2-7-16-14/h12-16H,2-11H2,1H3. The summed E-state index contributed by atoms with van der Waals surface area (Å²) in [5.41, 5.74) is 0. The van der Waals surface area contributed by atoms with Crippen molar-refractivity contribution in [3.05, 3.63) is 0 Å². The van der Waals surface area contributed by atoms with Gasteiger partial charge in [0.2, 0.25) is 0 Å². The quantitative estimate of drug-likeness (QED) is 0.812. The second kappa shape index (κ2) is 5.89. The van der Waals surface area contributed by atoms with Crippen LogP contribution >= 0.6 is 0 Å². The Morgan fingerprint density at radius 2 is 2.11 bits per heavy atom. The summed E-state index contributed by atoms with van der Waals surface area (Å²) in [6.07, 6.45) is 6.86. The summed E-state index contributed by atoms with van der Waals surface area (Å²) in [6.45, 7) is 8.19. The molecule has 0 saturated carbocycles. The van der Waals surface area contributed by atoms with Gasteiger partial charge in [0.05, 0.1) is 6.61 Å². The zero-order chi connectivity index (χ0) is 12.4. The van der Waals surface area contributed by atoms with Crippen molar-refractivity contribution in [2.45, 2.75) is 51.1 Å². The Hall–Kier alpha value is -0.120. The van der Waals surface area contributed by atoms with Crippen LogP contribution in [0.3, 0.4) is 0 Å². The van der Waals surface area contributed by atoms with Crippen LogP contribution in [0.15, 0.2) is 0 Å². The molecule has 4 atom stereocenters. The molecule has 0 aromatic rings. The lowest BCUT2D eigenvalue weighted by molar-refractivity contribution is -0.0215. The Kier molecular flexibility index (Phi) is 4.22. The first-order valence-electron chi connectivity index (χ1n) is 7.90. The normalized spacial score (nSPS) is 43.2. The number of rotatable bonds is 2. The summed E-state index contributed by atoms with van der Waals surface area (Å²) in [6, 6.07) is 1.59. The molecule has 0 aromatic heterocycles. The topological polar surface area (TPSA) is 24.5 Å². The van der Waals surface area contributed by atoms with Gasteiger partial charge in [-0.05, 0) is 57.0 Å². The molecule has 3 aliphatic rings. The molecule has 3 aliphatic heterocycles. The highest BCUT2D eigenvalue weighted by atomic mass is 16.5. The average molecular weight is 252 g/mol. The molecule has 3 saturated heterocycles. The molecular formula is C15H28N2O. The van der Waals surface area contributed by atoms with Gasteiger partial charge in [0.1, 0.15) is 0 Å².